The molecule has 0 aliphatic carbocycles. The van der Waals surface area contributed by atoms with Crippen LogP contribution >= 0.6 is 15.9 Å². The molecule has 8 nitrogen and oxygen atoms in total. The van der Waals surface area contributed by atoms with Crippen LogP contribution in [0.3, 0.4) is 0 Å². The maximum absolute atomic E-state index is 12.0. The molecule has 124 valence electrons. The molecule has 24 heavy (non-hydrogen) atoms. The zero-order valence-corrected chi connectivity index (χ0v) is 13.9. The Morgan fingerprint density at radius 3 is 2.75 bits per heavy atom. The molecule has 2 aromatic carbocycles. The molecule has 0 saturated carbocycles. The van der Waals surface area contributed by atoms with Gasteiger partial charge in [-0.3, -0.25) is 14.9 Å². The number of methoxy groups -OCH3 is 1. The van der Waals surface area contributed by atoms with E-state index in [0.29, 0.717) is 5.56 Å². The summed E-state index contributed by atoms with van der Waals surface area (Å²) >= 11 is 3.24. The zero-order valence-electron chi connectivity index (χ0n) is 12.4. The molecule has 2 rings (SSSR count). The molecular formula is C15H11BrN3O5-. The van der Waals surface area contributed by atoms with Gasteiger partial charge < -0.3 is 9.84 Å². The van der Waals surface area contributed by atoms with Crippen LogP contribution in [0.25, 0.3) is 0 Å². The highest BCUT2D eigenvalue weighted by molar-refractivity contribution is 9.10. The van der Waals surface area contributed by atoms with Crippen LogP contribution < -0.4 is 15.3 Å². The predicted molar refractivity (Wildman–Crippen MR) is 88.3 cm³/mol. The van der Waals surface area contributed by atoms with Gasteiger partial charge in [0, 0.05) is 16.1 Å². The minimum absolute atomic E-state index is 0.0735. The van der Waals surface area contributed by atoms with E-state index in [0.717, 1.165) is 22.8 Å². The van der Waals surface area contributed by atoms with Gasteiger partial charge in [-0.2, -0.15) is 5.10 Å². The number of carbonyl (C=O) groups excluding carboxylic acids is 1. The molecule has 0 atom stereocenters. The number of halogens is 1. The molecule has 9 heteroatoms. The van der Waals surface area contributed by atoms with E-state index in [2.05, 4.69) is 26.5 Å². The Balaban J connectivity index is 2.21. The highest BCUT2D eigenvalue weighted by Crippen LogP contribution is 2.31. The summed E-state index contributed by atoms with van der Waals surface area (Å²) in [6, 6.07) is 8.72. The number of nitro benzene ring substituents is 1. The minimum atomic E-state index is -0.653. The molecule has 0 unspecified atom stereocenters. The molecule has 0 heterocycles. The van der Waals surface area contributed by atoms with E-state index in [1.54, 1.807) is 24.3 Å². The van der Waals surface area contributed by atoms with Gasteiger partial charge in [0.25, 0.3) is 11.6 Å². The van der Waals surface area contributed by atoms with Crippen LogP contribution in [0.5, 0.6) is 11.5 Å². The van der Waals surface area contributed by atoms with Crippen LogP contribution in [-0.2, 0) is 0 Å². The number of hydrogen-bond acceptors (Lipinski definition) is 6. The van der Waals surface area contributed by atoms with Gasteiger partial charge in [-0.1, -0.05) is 27.7 Å². The molecule has 0 saturated heterocycles. The van der Waals surface area contributed by atoms with Gasteiger partial charge in [-0.25, -0.2) is 5.43 Å². The van der Waals surface area contributed by atoms with Crippen molar-refractivity contribution in [1.82, 2.24) is 5.43 Å². The van der Waals surface area contributed by atoms with Crippen molar-refractivity contribution in [3.63, 3.8) is 0 Å². The second-order valence-electron chi connectivity index (χ2n) is 4.53. The summed E-state index contributed by atoms with van der Waals surface area (Å²) < 4.78 is 5.54. The summed E-state index contributed by atoms with van der Waals surface area (Å²) in [7, 11) is 1.23. The highest BCUT2D eigenvalue weighted by atomic mass is 79.9. The maximum Gasteiger partial charge on any atom is 0.273 e. The molecule has 2 aromatic rings. The molecular weight excluding hydrogens is 382 g/mol. The fourth-order valence-electron chi connectivity index (χ4n) is 1.82. The van der Waals surface area contributed by atoms with E-state index in [9.17, 15) is 20.0 Å². The van der Waals surface area contributed by atoms with E-state index in [-0.39, 0.29) is 17.0 Å². The average molecular weight is 393 g/mol. The summed E-state index contributed by atoms with van der Waals surface area (Å²) in [6.07, 6.45) is 1.04. The molecule has 0 aromatic heterocycles. The van der Waals surface area contributed by atoms with Gasteiger partial charge in [-0.15, -0.1) is 0 Å². The van der Waals surface area contributed by atoms with E-state index in [1.807, 2.05) is 0 Å². The topological polar surface area (TPSA) is 117 Å². The van der Waals surface area contributed by atoms with Crippen molar-refractivity contribution in [2.24, 2.45) is 5.10 Å². The van der Waals surface area contributed by atoms with Crippen LogP contribution in [0.2, 0.25) is 0 Å². The van der Waals surface area contributed by atoms with Crippen LogP contribution in [-0.4, -0.2) is 24.2 Å². The van der Waals surface area contributed by atoms with Crippen molar-refractivity contribution in [2.75, 3.05) is 7.11 Å². The number of nitro groups is 1. The van der Waals surface area contributed by atoms with Gasteiger partial charge in [0.1, 0.15) is 5.75 Å². The Bertz CT molecular complexity index is 823. The maximum atomic E-state index is 12.0. The van der Waals surface area contributed by atoms with Gasteiger partial charge in [-0.05, 0) is 23.8 Å². The van der Waals surface area contributed by atoms with Crippen LogP contribution in [0.4, 0.5) is 5.69 Å². The van der Waals surface area contributed by atoms with Crippen LogP contribution in [0.1, 0.15) is 15.9 Å². The van der Waals surface area contributed by atoms with E-state index >= 15 is 0 Å². The van der Waals surface area contributed by atoms with Crippen molar-refractivity contribution in [2.45, 2.75) is 0 Å². The lowest BCUT2D eigenvalue weighted by Crippen LogP contribution is -2.17. The average Bonchev–Trinajstić information content (AvgIpc) is 2.56. The first-order chi connectivity index (χ1) is 11.4. The van der Waals surface area contributed by atoms with Crippen molar-refractivity contribution >= 4 is 33.7 Å². The lowest BCUT2D eigenvalue weighted by molar-refractivity contribution is -0.385. The highest BCUT2D eigenvalue weighted by Gasteiger charge is 2.11. The summed E-state index contributed by atoms with van der Waals surface area (Å²) in [5.74, 6) is -1.23. The Labute approximate surface area is 145 Å². The quantitative estimate of drug-likeness (QED) is 0.475. The van der Waals surface area contributed by atoms with E-state index in [4.69, 9.17) is 4.74 Å². The van der Waals surface area contributed by atoms with Crippen LogP contribution in [0, 0.1) is 10.1 Å². The normalized spacial score (nSPS) is 10.6. The Kier molecular flexibility index (Phi) is 5.48. The minimum Gasteiger partial charge on any atom is -0.870 e. The number of carbonyl (C=O) groups is 1. The molecule has 0 radical (unpaired) electrons. The first kappa shape index (κ1) is 17.4. The first-order valence-electron chi connectivity index (χ1n) is 6.54. The standard InChI is InChI=1S/C15H12BrN3O5/c1-24-13-7-12(19(22)23)6-10(14(13)20)8-17-18-15(21)9-3-2-4-11(16)5-9/h2-8,20H,1H3,(H,18,21)/p-1. The third-order valence-electron chi connectivity index (χ3n) is 2.96. The number of amides is 1. The summed E-state index contributed by atoms with van der Waals surface area (Å²) in [4.78, 5) is 22.1. The smallest absolute Gasteiger partial charge is 0.273 e. The summed E-state index contributed by atoms with van der Waals surface area (Å²) in [5.41, 5.74) is 2.22. The van der Waals surface area contributed by atoms with Crippen molar-refractivity contribution in [3.05, 3.63) is 62.1 Å². The second-order valence-corrected chi connectivity index (χ2v) is 5.45. The van der Waals surface area contributed by atoms with Gasteiger partial charge in [0.15, 0.2) is 0 Å². The first-order valence-corrected chi connectivity index (χ1v) is 7.34. The molecule has 0 aliphatic heterocycles. The molecule has 1 amide bonds. The van der Waals surface area contributed by atoms with Crippen LogP contribution in [0.15, 0.2) is 46.0 Å². The fraction of sp³-hybridized carbons (Fsp3) is 0.0667. The fourth-order valence-corrected chi connectivity index (χ4v) is 2.22. The molecule has 1 N–H and O–H groups in total. The number of nitrogens with zero attached hydrogens (tertiary/aromatic N) is 2. The zero-order chi connectivity index (χ0) is 17.7. The Hall–Kier alpha value is -2.94. The third kappa shape index (κ3) is 4.07. The largest absolute Gasteiger partial charge is 0.870 e. The lowest BCUT2D eigenvalue weighted by atomic mass is 10.2. The molecule has 0 spiro atoms. The second kappa shape index (κ2) is 7.55. The lowest BCUT2D eigenvalue weighted by Gasteiger charge is -2.14. The molecule has 0 fully saturated rings. The van der Waals surface area contributed by atoms with Gasteiger partial charge in [0.05, 0.1) is 24.3 Å². The molecule has 0 aliphatic rings. The number of nitrogens with one attached hydrogen (secondary N) is 1. The van der Waals surface area contributed by atoms with Gasteiger partial charge >= 0.3 is 0 Å². The van der Waals surface area contributed by atoms with Crippen molar-refractivity contribution in [1.29, 1.82) is 0 Å². The number of rotatable bonds is 5. The SMILES string of the molecule is COc1cc([N+](=O)[O-])cc(C=NNC(=O)c2cccc(Br)c2)c1[O-]. The van der Waals surface area contributed by atoms with Gasteiger partial charge in [0.2, 0.25) is 0 Å². The summed E-state index contributed by atoms with van der Waals surface area (Å²) in [5, 5.41) is 26.5. The number of benzene rings is 2. The monoisotopic (exact) mass is 392 g/mol. The Morgan fingerprint density at radius 1 is 1.38 bits per heavy atom. The number of hydrogen-bond donors (Lipinski definition) is 1. The Morgan fingerprint density at radius 2 is 2.12 bits per heavy atom. The number of non-ortho nitro benzene ring substituents is 1. The molecule has 0 bridgehead atoms. The number of ether oxygens (including phenoxy) is 1. The number of hydrazone groups is 1. The van der Waals surface area contributed by atoms with E-state index in [1.165, 1.54) is 7.11 Å². The predicted octanol–water partition coefficient (Wildman–Crippen LogP) is 2.20. The van der Waals surface area contributed by atoms with E-state index < -0.39 is 16.6 Å². The summed E-state index contributed by atoms with van der Waals surface area (Å²) in [6.45, 7) is 0. The third-order valence-corrected chi connectivity index (χ3v) is 3.45. The van der Waals surface area contributed by atoms with Crippen molar-refractivity contribution in [3.8, 4) is 11.5 Å². The van der Waals surface area contributed by atoms with Crippen molar-refractivity contribution < 1.29 is 19.6 Å².